The molecule has 1 aromatic heterocycles. The number of benzene rings is 1. The van der Waals surface area contributed by atoms with Gasteiger partial charge in [-0.2, -0.15) is 0 Å². The van der Waals surface area contributed by atoms with E-state index >= 15 is 0 Å². The molecule has 3 heterocycles. The van der Waals surface area contributed by atoms with Crippen LogP contribution in [0.4, 0.5) is 5.95 Å². The number of aromatic nitrogens is 2. The van der Waals surface area contributed by atoms with Crippen molar-refractivity contribution in [3.63, 3.8) is 0 Å². The largest absolute Gasteiger partial charge is 0.497 e. The van der Waals surface area contributed by atoms with E-state index in [9.17, 15) is 4.79 Å². The number of methoxy groups -OCH3 is 1. The smallest absolute Gasteiger partial charge is 0.255 e. The van der Waals surface area contributed by atoms with Crippen LogP contribution >= 0.6 is 0 Å². The summed E-state index contributed by atoms with van der Waals surface area (Å²) in [4.78, 5) is 24.9. The van der Waals surface area contributed by atoms with Crippen molar-refractivity contribution in [2.24, 2.45) is 0 Å². The molecular weight excluding hydrogens is 380 g/mol. The van der Waals surface area contributed by atoms with Crippen LogP contribution in [0.5, 0.6) is 5.75 Å². The summed E-state index contributed by atoms with van der Waals surface area (Å²) in [5.74, 6) is 1.52. The maximum Gasteiger partial charge on any atom is 0.255 e. The van der Waals surface area contributed by atoms with E-state index in [0.717, 1.165) is 55.2 Å². The Kier molecular flexibility index (Phi) is 6.20. The van der Waals surface area contributed by atoms with Gasteiger partial charge in [0.1, 0.15) is 5.75 Å². The number of aromatic amines is 1. The van der Waals surface area contributed by atoms with Crippen LogP contribution < -0.4 is 15.2 Å². The molecule has 0 saturated carbocycles. The first kappa shape index (κ1) is 20.6. The van der Waals surface area contributed by atoms with E-state index in [4.69, 9.17) is 14.5 Å². The number of H-pyrrole nitrogens is 1. The van der Waals surface area contributed by atoms with Crippen molar-refractivity contribution in [2.45, 2.75) is 39.0 Å². The Hall–Kier alpha value is -2.64. The highest BCUT2D eigenvalue weighted by atomic mass is 16.5. The van der Waals surface area contributed by atoms with Crippen molar-refractivity contribution in [3.8, 4) is 5.75 Å². The van der Waals surface area contributed by atoms with Crippen molar-refractivity contribution in [3.05, 3.63) is 57.5 Å². The third kappa shape index (κ3) is 4.74. The second-order valence-corrected chi connectivity index (χ2v) is 8.14. The Morgan fingerprint density at radius 3 is 2.67 bits per heavy atom. The second-order valence-electron chi connectivity index (χ2n) is 8.14. The fourth-order valence-electron chi connectivity index (χ4n) is 4.19. The van der Waals surface area contributed by atoms with Gasteiger partial charge >= 0.3 is 0 Å². The first-order valence-corrected chi connectivity index (χ1v) is 10.6. The molecule has 1 fully saturated rings. The minimum atomic E-state index is -0.00442. The number of rotatable bonds is 5. The first-order chi connectivity index (χ1) is 14.5. The first-order valence-electron chi connectivity index (χ1n) is 10.6. The van der Waals surface area contributed by atoms with Gasteiger partial charge in [0, 0.05) is 38.3 Å². The predicted octanol–water partition coefficient (Wildman–Crippen LogP) is 2.46. The lowest BCUT2D eigenvalue weighted by atomic mass is 10.1. The van der Waals surface area contributed by atoms with Crippen molar-refractivity contribution < 1.29 is 9.47 Å². The highest BCUT2D eigenvalue weighted by Gasteiger charge is 2.26. The number of hydrogen-bond acceptors (Lipinski definition) is 6. The molecular formula is C23H30N4O3. The Bertz CT molecular complexity index is 944. The molecule has 7 nitrogen and oxygen atoms in total. The number of hydrogen-bond donors (Lipinski definition) is 1. The Labute approximate surface area is 177 Å². The van der Waals surface area contributed by atoms with Gasteiger partial charge in [0.2, 0.25) is 5.95 Å². The molecule has 0 bridgehead atoms. The SMILES string of the molecule is COc1ccc(/C=C/CN2CCc3c(nc(N4C[C@@H](C)O[C@H](C)C4)[nH]c3=O)C2)cc1. The average molecular weight is 411 g/mol. The van der Waals surface area contributed by atoms with Gasteiger partial charge in [-0.1, -0.05) is 24.3 Å². The zero-order valence-electron chi connectivity index (χ0n) is 17.9. The summed E-state index contributed by atoms with van der Waals surface area (Å²) in [6, 6.07) is 8.00. The highest BCUT2D eigenvalue weighted by molar-refractivity contribution is 5.50. The standard InChI is InChI=1S/C23H30N4O3/c1-16-13-27(14-17(2)30-16)23-24-21-15-26(12-10-20(21)22(28)25-23)11-4-5-18-6-8-19(29-3)9-7-18/h4-9,16-17H,10-15H2,1-3H3,(H,24,25,28)/b5-4+/t16-,17-/m1/s1. The molecule has 2 aromatic rings. The molecule has 0 unspecified atom stereocenters. The monoisotopic (exact) mass is 410 g/mol. The van der Waals surface area contributed by atoms with E-state index in [1.807, 2.05) is 24.3 Å². The van der Waals surface area contributed by atoms with E-state index in [0.29, 0.717) is 12.5 Å². The van der Waals surface area contributed by atoms with Crippen molar-refractivity contribution in [1.29, 1.82) is 0 Å². The highest BCUT2D eigenvalue weighted by Crippen LogP contribution is 2.20. The number of nitrogens with one attached hydrogen (secondary N) is 1. The predicted molar refractivity (Wildman–Crippen MR) is 118 cm³/mol. The summed E-state index contributed by atoms with van der Waals surface area (Å²) in [5, 5.41) is 0. The van der Waals surface area contributed by atoms with E-state index in [-0.39, 0.29) is 17.8 Å². The topological polar surface area (TPSA) is 70.7 Å². The number of morpholine rings is 1. The molecule has 2 aliphatic rings. The average Bonchev–Trinajstić information content (AvgIpc) is 2.73. The fraction of sp³-hybridized carbons (Fsp3) is 0.478. The van der Waals surface area contributed by atoms with Crippen LogP contribution in [0.25, 0.3) is 6.08 Å². The zero-order chi connectivity index (χ0) is 21.1. The molecule has 0 radical (unpaired) electrons. The van der Waals surface area contributed by atoms with E-state index in [2.05, 4.69) is 40.8 Å². The van der Waals surface area contributed by atoms with E-state index in [1.165, 1.54) is 0 Å². The lowest BCUT2D eigenvalue weighted by Gasteiger charge is -2.36. The van der Waals surface area contributed by atoms with Crippen LogP contribution in [-0.2, 0) is 17.7 Å². The van der Waals surface area contributed by atoms with Gasteiger partial charge in [0.15, 0.2) is 0 Å². The van der Waals surface area contributed by atoms with Gasteiger partial charge in [-0.15, -0.1) is 0 Å². The minimum absolute atomic E-state index is 0.00442. The summed E-state index contributed by atoms with van der Waals surface area (Å²) < 4.78 is 11.0. The molecule has 1 N–H and O–H groups in total. The van der Waals surface area contributed by atoms with Crippen LogP contribution in [-0.4, -0.2) is 60.4 Å². The van der Waals surface area contributed by atoms with Gasteiger partial charge < -0.3 is 14.4 Å². The molecule has 2 aliphatic heterocycles. The van der Waals surface area contributed by atoms with Crippen LogP contribution in [0.2, 0.25) is 0 Å². The van der Waals surface area contributed by atoms with Crippen LogP contribution in [0.3, 0.4) is 0 Å². The molecule has 7 heteroatoms. The summed E-state index contributed by atoms with van der Waals surface area (Å²) >= 11 is 0. The minimum Gasteiger partial charge on any atom is -0.497 e. The molecule has 0 amide bonds. The molecule has 0 spiro atoms. The fourth-order valence-corrected chi connectivity index (χ4v) is 4.19. The molecule has 30 heavy (non-hydrogen) atoms. The zero-order valence-corrected chi connectivity index (χ0v) is 17.9. The lowest BCUT2D eigenvalue weighted by Crippen LogP contribution is -2.47. The Balaban J connectivity index is 1.44. The summed E-state index contributed by atoms with van der Waals surface area (Å²) in [6.45, 7) is 7.94. The van der Waals surface area contributed by atoms with Crippen molar-refractivity contribution >= 4 is 12.0 Å². The quantitative estimate of drug-likeness (QED) is 0.817. The summed E-state index contributed by atoms with van der Waals surface area (Å²) in [7, 11) is 1.67. The number of anilines is 1. The summed E-state index contributed by atoms with van der Waals surface area (Å²) in [6.07, 6.45) is 5.24. The molecule has 1 aromatic carbocycles. The van der Waals surface area contributed by atoms with Crippen LogP contribution in [0.1, 0.15) is 30.7 Å². The van der Waals surface area contributed by atoms with Crippen LogP contribution in [0.15, 0.2) is 35.1 Å². The van der Waals surface area contributed by atoms with Crippen molar-refractivity contribution in [2.75, 3.05) is 38.2 Å². The number of nitrogens with zero attached hydrogens (tertiary/aromatic N) is 3. The molecule has 1 saturated heterocycles. The third-order valence-electron chi connectivity index (χ3n) is 5.65. The second kappa shape index (κ2) is 9.02. The number of ether oxygens (including phenoxy) is 2. The number of fused-ring (bicyclic) bond motifs is 1. The summed E-state index contributed by atoms with van der Waals surface area (Å²) in [5.41, 5.74) is 2.85. The molecule has 2 atom stereocenters. The van der Waals surface area contributed by atoms with E-state index in [1.54, 1.807) is 7.11 Å². The maximum absolute atomic E-state index is 12.7. The van der Waals surface area contributed by atoms with Crippen molar-refractivity contribution in [1.82, 2.24) is 14.9 Å². The van der Waals surface area contributed by atoms with Crippen LogP contribution in [0, 0.1) is 0 Å². The molecule has 0 aliphatic carbocycles. The van der Waals surface area contributed by atoms with Gasteiger partial charge in [-0.3, -0.25) is 14.7 Å². The van der Waals surface area contributed by atoms with E-state index < -0.39 is 0 Å². The normalized spacial score (nSPS) is 22.3. The third-order valence-corrected chi connectivity index (χ3v) is 5.65. The van der Waals surface area contributed by atoms with Gasteiger partial charge in [-0.25, -0.2) is 4.98 Å². The maximum atomic E-state index is 12.7. The Morgan fingerprint density at radius 2 is 1.97 bits per heavy atom. The molecule has 160 valence electrons. The van der Waals surface area contributed by atoms with Gasteiger partial charge in [0.05, 0.1) is 25.0 Å². The Morgan fingerprint density at radius 1 is 1.23 bits per heavy atom. The van der Waals surface area contributed by atoms with Gasteiger partial charge in [0.25, 0.3) is 5.56 Å². The van der Waals surface area contributed by atoms with Gasteiger partial charge in [-0.05, 0) is 38.0 Å². The lowest BCUT2D eigenvalue weighted by molar-refractivity contribution is -0.00576. The molecule has 4 rings (SSSR count).